The van der Waals surface area contributed by atoms with Gasteiger partial charge in [0.1, 0.15) is 17.7 Å². The Labute approximate surface area is 227 Å². The predicted molar refractivity (Wildman–Crippen MR) is 150 cm³/mol. The molecular weight excluding hydrogens is 484 g/mol. The van der Waals surface area contributed by atoms with Crippen LogP contribution in [0.2, 0.25) is 0 Å². The van der Waals surface area contributed by atoms with Crippen molar-refractivity contribution in [1.82, 2.24) is 15.5 Å². The summed E-state index contributed by atoms with van der Waals surface area (Å²) in [5.41, 5.74) is 5.44. The average Bonchev–Trinajstić information content (AvgIpc) is 2.78. The van der Waals surface area contributed by atoms with Gasteiger partial charge in [-0.2, -0.15) is 0 Å². The van der Waals surface area contributed by atoms with Gasteiger partial charge in [0.2, 0.25) is 17.7 Å². The van der Waals surface area contributed by atoms with Gasteiger partial charge in [-0.05, 0) is 71.6 Å². The Morgan fingerprint density at radius 3 is 2.29 bits per heavy atom. The molecule has 0 aliphatic heterocycles. The molecule has 0 aliphatic rings. The van der Waals surface area contributed by atoms with E-state index in [2.05, 4.69) is 17.2 Å². The SMILES string of the molecule is C=Cc1cccc(C(C(=O)NC(C)(C)C)N(CCCCC)C(=O)C(CCC(N)=O)NC(=O)OC(C)(C)C)c1. The van der Waals surface area contributed by atoms with Crippen molar-refractivity contribution < 1.29 is 23.9 Å². The number of alkyl carbamates (subject to hydrolysis) is 1. The molecule has 0 radical (unpaired) electrons. The van der Waals surface area contributed by atoms with E-state index in [4.69, 9.17) is 10.5 Å². The first-order valence-electron chi connectivity index (χ1n) is 13.2. The molecule has 0 aliphatic carbocycles. The van der Waals surface area contributed by atoms with Crippen LogP contribution in [0.3, 0.4) is 0 Å². The molecule has 0 aromatic heterocycles. The standard InChI is InChI=1S/C29H46N4O5/c1-9-11-12-18-33(26(36)22(16-17-23(30)34)31-27(37)38-29(6,7)8)24(25(35)32-28(3,4)5)21-15-13-14-20(10-2)19-21/h10,13-15,19,22,24H,2,9,11-12,16-18H2,1,3-8H3,(H2,30,34)(H,31,37)(H,32,35). The zero-order valence-electron chi connectivity index (χ0n) is 24.1. The molecule has 4 amide bonds. The molecule has 2 unspecified atom stereocenters. The molecule has 38 heavy (non-hydrogen) atoms. The lowest BCUT2D eigenvalue weighted by molar-refractivity contribution is -0.143. The van der Waals surface area contributed by atoms with Crippen molar-refractivity contribution in [1.29, 1.82) is 0 Å². The maximum atomic E-state index is 14.1. The number of rotatable bonds is 13. The van der Waals surface area contributed by atoms with Crippen LogP contribution >= 0.6 is 0 Å². The summed E-state index contributed by atoms with van der Waals surface area (Å²) in [6.07, 6.45) is 3.13. The number of amides is 4. The largest absolute Gasteiger partial charge is 0.444 e. The fourth-order valence-electron chi connectivity index (χ4n) is 3.86. The maximum Gasteiger partial charge on any atom is 0.408 e. The van der Waals surface area contributed by atoms with Gasteiger partial charge in [0.05, 0.1) is 0 Å². The number of carbonyl (C=O) groups is 4. The quantitative estimate of drug-likeness (QED) is 0.324. The number of nitrogens with two attached hydrogens (primary N) is 1. The normalized spacial score (nSPS) is 13.1. The van der Waals surface area contributed by atoms with Crippen molar-refractivity contribution in [2.24, 2.45) is 5.73 Å². The molecule has 9 nitrogen and oxygen atoms in total. The highest BCUT2D eigenvalue weighted by Gasteiger charge is 2.37. The highest BCUT2D eigenvalue weighted by Crippen LogP contribution is 2.26. The van der Waals surface area contributed by atoms with E-state index in [1.807, 2.05) is 45.9 Å². The summed E-state index contributed by atoms with van der Waals surface area (Å²) in [6.45, 7) is 16.9. The van der Waals surface area contributed by atoms with Crippen LogP contribution < -0.4 is 16.4 Å². The molecule has 0 heterocycles. The van der Waals surface area contributed by atoms with Crippen LogP contribution in [0, 0.1) is 0 Å². The lowest BCUT2D eigenvalue weighted by atomic mass is 9.98. The monoisotopic (exact) mass is 530 g/mol. The Hall–Kier alpha value is -3.36. The second-order valence-electron chi connectivity index (χ2n) is 11.5. The minimum Gasteiger partial charge on any atom is -0.444 e. The topological polar surface area (TPSA) is 131 Å². The molecule has 212 valence electrons. The van der Waals surface area contributed by atoms with Crippen LogP contribution in [0.1, 0.15) is 97.7 Å². The summed E-state index contributed by atoms with van der Waals surface area (Å²) in [6, 6.07) is 5.18. The summed E-state index contributed by atoms with van der Waals surface area (Å²) >= 11 is 0. The number of nitrogens with one attached hydrogen (secondary N) is 2. The van der Waals surface area contributed by atoms with Gasteiger partial charge in [0.15, 0.2) is 0 Å². The van der Waals surface area contributed by atoms with Gasteiger partial charge in [-0.1, -0.05) is 50.6 Å². The fraction of sp³-hybridized carbons (Fsp3) is 0.586. The van der Waals surface area contributed by atoms with E-state index in [0.717, 1.165) is 18.4 Å². The van der Waals surface area contributed by atoms with Gasteiger partial charge in [0.25, 0.3) is 0 Å². The average molecular weight is 531 g/mol. The molecule has 4 N–H and O–H groups in total. The van der Waals surface area contributed by atoms with Gasteiger partial charge < -0.3 is 26.0 Å². The number of benzene rings is 1. The summed E-state index contributed by atoms with van der Waals surface area (Å²) < 4.78 is 5.36. The van der Waals surface area contributed by atoms with Gasteiger partial charge >= 0.3 is 6.09 Å². The number of primary amides is 1. The Bertz CT molecular complexity index is 978. The molecule has 1 aromatic carbocycles. The van der Waals surface area contributed by atoms with Gasteiger partial charge in [-0.3, -0.25) is 14.4 Å². The number of ether oxygens (including phenoxy) is 1. The summed E-state index contributed by atoms with van der Waals surface area (Å²) in [5, 5.41) is 5.60. The molecule has 0 saturated carbocycles. The number of carbonyl (C=O) groups excluding carboxylic acids is 4. The summed E-state index contributed by atoms with van der Waals surface area (Å²) in [7, 11) is 0. The van der Waals surface area contributed by atoms with E-state index in [1.54, 1.807) is 32.9 Å². The highest BCUT2D eigenvalue weighted by molar-refractivity contribution is 5.92. The lowest BCUT2D eigenvalue weighted by Gasteiger charge is -2.36. The number of nitrogens with zero attached hydrogens (tertiary/aromatic N) is 1. The lowest BCUT2D eigenvalue weighted by Crippen LogP contribution is -2.55. The van der Waals surface area contributed by atoms with E-state index >= 15 is 0 Å². The first kappa shape index (κ1) is 32.7. The van der Waals surface area contributed by atoms with Crippen molar-refractivity contribution in [3.05, 3.63) is 42.0 Å². The fourth-order valence-corrected chi connectivity index (χ4v) is 3.86. The Kier molecular flexibility index (Phi) is 12.5. The molecule has 1 rings (SSSR count). The van der Waals surface area contributed by atoms with Crippen LogP contribution in [-0.2, 0) is 19.1 Å². The molecule has 0 saturated heterocycles. The second kappa shape index (κ2) is 14.5. The van der Waals surface area contributed by atoms with Gasteiger partial charge in [0, 0.05) is 18.5 Å². The van der Waals surface area contributed by atoms with E-state index in [-0.39, 0.29) is 25.3 Å². The smallest absolute Gasteiger partial charge is 0.408 e. The Balaban J connectivity index is 3.59. The van der Waals surface area contributed by atoms with E-state index < -0.39 is 41.1 Å². The predicted octanol–water partition coefficient (Wildman–Crippen LogP) is 4.46. The van der Waals surface area contributed by atoms with Crippen LogP contribution in [-0.4, -0.2) is 52.4 Å². The first-order valence-corrected chi connectivity index (χ1v) is 13.2. The minimum absolute atomic E-state index is 0.0298. The molecular formula is C29H46N4O5. The third-order valence-electron chi connectivity index (χ3n) is 5.47. The molecule has 2 atom stereocenters. The summed E-state index contributed by atoms with van der Waals surface area (Å²) in [4.78, 5) is 53.5. The Morgan fingerprint density at radius 1 is 1.11 bits per heavy atom. The molecule has 1 aromatic rings. The maximum absolute atomic E-state index is 14.1. The molecule has 0 spiro atoms. The molecule has 9 heteroatoms. The van der Waals surface area contributed by atoms with Crippen molar-refractivity contribution >= 4 is 29.9 Å². The third kappa shape index (κ3) is 11.8. The summed E-state index contributed by atoms with van der Waals surface area (Å²) in [5.74, 6) is -1.45. The van der Waals surface area contributed by atoms with Crippen LogP contribution in [0.4, 0.5) is 4.79 Å². The van der Waals surface area contributed by atoms with E-state index in [9.17, 15) is 19.2 Å². The second-order valence-corrected chi connectivity index (χ2v) is 11.5. The zero-order valence-corrected chi connectivity index (χ0v) is 24.1. The third-order valence-corrected chi connectivity index (χ3v) is 5.47. The number of hydrogen-bond donors (Lipinski definition) is 3. The van der Waals surface area contributed by atoms with Crippen molar-refractivity contribution in [2.45, 2.75) is 104 Å². The Morgan fingerprint density at radius 2 is 1.76 bits per heavy atom. The zero-order chi connectivity index (χ0) is 29.1. The van der Waals surface area contributed by atoms with Crippen LogP contribution in [0.5, 0.6) is 0 Å². The van der Waals surface area contributed by atoms with Gasteiger partial charge in [-0.25, -0.2) is 4.79 Å². The molecule has 0 bridgehead atoms. The van der Waals surface area contributed by atoms with Crippen molar-refractivity contribution in [3.8, 4) is 0 Å². The van der Waals surface area contributed by atoms with Gasteiger partial charge in [-0.15, -0.1) is 0 Å². The van der Waals surface area contributed by atoms with Crippen LogP contribution in [0.15, 0.2) is 30.8 Å². The highest BCUT2D eigenvalue weighted by atomic mass is 16.6. The number of unbranched alkanes of at least 4 members (excludes halogenated alkanes) is 2. The minimum atomic E-state index is -1.12. The van der Waals surface area contributed by atoms with E-state index in [0.29, 0.717) is 12.0 Å². The molecule has 0 fully saturated rings. The van der Waals surface area contributed by atoms with Crippen LogP contribution in [0.25, 0.3) is 6.08 Å². The van der Waals surface area contributed by atoms with Crippen molar-refractivity contribution in [2.75, 3.05) is 6.54 Å². The first-order chi connectivity index (χ1) is 17.6. The van der Waals surface area contributed by atoms with Crippen molar-refractivity contribution in [3.63, 3.8) is 0 Å². The number of hydrogen-bond acceptors (Lipinski definition) is 5. The van der Waals surface area contributed by atoms with E-state index in [1.165, 1.54) is 4.90 Å².